The van der Waals surface area contributed by atoms with Crippen molar-refractivity contribution < 1.29 is 0 Å². The quantitative estimate of drug-likeness (QED) is 0.440. The highest BCUT2D eigenvalue weighted by atomic mass is 35.5. The van der Waals surface area contributed by atoms with Gasteiger partial charge in [-0.2, -0.15) is 0 Å². The smallest absolute Gasteiger partial charge is 0.0656 e. The Hall–Kier alpha value is -1.22. The summed E-state index contributed by atoms with van der Waals surface area (Å²) in [6, 6.07) is 3.11. The summed E-state index contributed by atoms with van der Waals surface area (Å²) < 4.78 is 0. The molecule has 1 aromatic carbocycles. The highest BCUT2D eigenvalue weighted by Gasteiger charge is 2.00. The predicted octanol–water partition coefficient (Wildman–Crippen LogP) is 1.50. The van der Waals surface area contributed by atoms with Gasteiger partial charge in [-0.3, -0.25) is 0 Å². The number of hydrogen-bond acceptors (Lipinski definition) is 3. The molecule has 5 N–H and O–H groups in total. The second-order valence-corrected chi connectivity index (χ2v) is 2.55. The second kappa shape index (κ2) is 2.80. The van der Waals surface area contributed by atoms with E-state index in [1.54, 1.807) is 6.07 Å². The molecule has 0 saturated heterocycles. The molecule has 0 amide bonds. The molecule has 0 radical (unpaired) electrons. The lowest BCUT2D eigenvalue weighted by Gasteiger charge is -2.02. The number of nitrogen functional groups attached to an aromatic ring is 2. The van der Waals surface area contributed by atoms with E-state index in [0.29, 0.717) is 22.0 Å². The average Bonchev–Trinajstić information content (AvgIpc) is 1.97. The lowest BCUT2D eigenvalue weighted by atomic mass is 10.2. The van der Waals surface area contributed by atoms with Crippen molar-refractivity contribution in [1.82, 2.24) is 0 Å². The van der Waals surface area contributed by atoms with Gasteiger partial charge >= 0.3 is 0 Å². The molecule has 0 aliphatic rings. The fourth-order valence-electron chi connectivity index (χ4n) is 0.748. The molecule has 0 spiro atoms. The molecule has 58 valence electrons. The predicted molar refractivity (Wildman–Crippen MR) is 48.2 cm³/mol. The maximum absolute atomic E-state index is 6.95. The molecule has 0 bridgehead atoms. The summed E-state index contributed by atoms with van der Waals surface area (Å²) in [6.45, 7) is 0. The van der Waals surface area contributed by atoms with Crippen molar-refractivity contribution in [2.75, 3.05) is 11.5 Å². The van der Waals surface area contributed by atoms with E-state index in [4.69, 9.17) is 28.5 Å². The highest BCUT2D eigenvalue weighted by Crippen LogP contribution is 2.23. The molecule has 1 aromatic rings. The molecular weight excluding hydrogens is 162 g/mol. The van der Waals surface area contributed by atoms with Crippen LogP contribution in [0, 0.1) is 5.41 Å². The number of rotatable bonds is 1. The van der Waals surface area contributed by atoms with Gasteiger partial charge in [0.15, 0.2) is 0 Å². The Bertz CT molecular complexity index is 296. The molecule has 0 saturated carbocycles. The van der Waals surface area contributed by atoms with Crippen molar-refractivity contribution in [3.8, 4) is 0 Å². The van der Waals surface area contributed by atoms with E-state index in [2.05, 4.69) is 0 Å². The number of anilines is 2. The van der Waals surface area contributed by atoms with Crippen molar-refractivity contribution in [1.29, 1.82) is 5.41 Å². The van der Waals surface area contributed by atoms with Crippen molar-refractivity contribution in [3.05, 3.63) is 22.7 Å². The number of halogens is 1. The lowest BCUT2D eigenvalue weighted by molar-refractivity contribution is 1.53. The Morgan fingerprint density at radius 3 is 2.45 bits per heavy atom. The number of hydrogen-bond donors (Lipinski definition) is 3. The summed E-state index contributed by atoms with van der Waals surface area (Å²) >= 11 is 5.66. The Kier molecular flexibility index (Phi) is 2.01. The van der Waals surface area contributed by atoms with Gasteiger partial charge in [-0.15, -0.1) is 0 Å². The van der Waals surface area contributed by atoms with Crippen LogP contribution < -0.4 is 11.5 Å². The van der Waals surface area contributed by atoms with Crippen LogP contribution in [0.1, 0.15) is 5.56 Å². The SMILES string of the molecule is N=Cc1cc(N)c(Cl)cc1N. The topological polar surface area (TPSA) is 75.9 Å². The Labute approximate surface area is 69.5 Å². The van der Waals surface area contributed by atoms with E-state index in [9.17, 15) is 0 Å². The molecule has 0 atom stereocenters. The first-order valence-corrected chi connectivity index (χ1v) is 3.38. The Morgan fingerprint density at radius 2 is 1.91 bits per heavy atom. The van der Waals surface area contributed by atoms with Gasteiger partial charge in [-0.05, 0) is 12.1 Å². The van der Waals surface area contributed by atoms with Crippen LogP contribution in [0.5, 0.6) is 0 Å². The van der Waals surface area contributed by atoms with Crippen molar-refractivity contribution in [3.63, 3.8) is 0 Å². The normalized spacial score (nSPS) is 9.55. The van der Waals surface area contributed by atoms with E-state index < -0.39 is 0 Å². The molecule has 0 fully saturated rings. The number of nitrogens with one attached hydrogen (secondary N) is 1. The first kappa shape index (κ1) is 7.88. The zero-order valence-electron chi connectivity index (χ0n) is 5.76. The minimum atomic E-state index is 0.424. The lowest BCUT2D eigenvalue weighted by Crippen LogP contribution is -1.95. The van der Waals surface area contributed by atoms with Crippen molar-refractivity contribution >= 4 is 29.2 Å². The molecular formula is C7H8ClN3. The third-order valence-electron chi connectivity index (χ3n) is 1.36. The molecule has 0 unspecified atom stereocenters. The van der Waals surface area contributed by atoms with E-state index in [-0.39, 0.29) is 0 Å². The summed E-state index contributed by atoms with van der Waals surface area (Å²) in [6.07, 6.45) is 1.14. The van der Waals surface area contributed by atoms with Crippen LogP contribution in [0.3, 0.4) is 0 Å². The first-order valence-electron chi connectivity index (χ1n) is 3.00. The number of benzene rings is 1. The van der Waals surface area contributed by atoms with Crippen LogP contribution >= 0.6 is 11.6 Å². The van der Waals surface area contributed by atoms with Crippen molar-refractivity contribution in [2.45, 2.75) is 0 Å². The minimum absolute atomic E-state index is 0.424. The molecule has 3 nitrogen and oxygen atoms in total. The van der Waals surface area contributed by atoms with Gasteiger partial charge in [0, 0.05) is 17.5 Å². The number of nitrogens with two attached hydrogens (primary N) is 2. The van der Waals surface area contributed by atoms with Crippen molar-refractivity contribution in [2.24, 2.45) is 0 Å². The van der Waals surface area contributed by atoms with Crippen LogP contribution in [-0.4, -0.2) is 6.21 Å². The summed E-state index contributed by atoms with van der Waals surface area (Å²) in [4.78, 5) is 0. The third kappa shape index (κ3) is 1.43. The summed E-state index contributed by atoms with van der Waals surface area (Å²) in [5.74, 6) is 0. The molecule has 0 aliphatic heterocycles. The van der Waals surface area contributed by atoms with Crippen LogP contribution in [0.4, 0.5) is 11.4 Å². The van der Waals surface area contributed by atoms with Gasteiger partial charge in [0.1, 0.15) is 0 Å². The monoisotopic (exact) mass is 169 g/mol. The maximum atomic E-state index is 6.95. The zero-order chi connectivity index (χ0) is 8.43. The molecule has 0 aromatic heterocycles. The fourth-order valence-corrected chi connectivity index (χ4v) is 0.920. The van der Waals surface area contributed by atoms with Gasteiger partial charge in [0.2, 0.25) is 0 Å². The molecule has 0 heterocycles. The molecule has 4 heteroatoms. The highest BCUT2D eigenvalue weighted by molar-refractivity contribution is 6.33. The van der Waals surface area contributed by atoms with Crippen LogP contribution in [0.15, 0.2) is 12.1 Å². The van der Waals surface area contributed by atoms with Gasteiger partial charge in [-0.25, -0.2) is 0 Å². The second-order valence-electron chi connectivity index (χ2n) is 2.15. The summed E-state index contributed by atoms with van der Waals surface area (Å²) in [7, 11) is 0. The van der Waals surface area contributed by atoms with E-state index in [1.165, 1.54) is 6.07 Å². The van der Waals surface area contributed by atoms with Gasteiger partial charge in [-0.1, -0.05) is 11.6 Å². The first-order chi connectivity index (χ1) is 5.15. The van der Waals surface area contributed by atoms with Crippen LogP contribution in [0.25, 0.3) is 0 Å². The maximum Gasteiger partial charge on any atom is 0.0656 e. The van der Waals surface area contributed by atoms with Gasteiger partial charge < -0.3 is 16.9 Å². The Morgan fingerprint density at radius 1 is 1.27 bits per heavy atom. The van der Waals surface area contributed by atoms with E-state index >= 15 is 0 Å². The molecule has 0 aliphatic carbocycles. The summed E-state index contributed by atoms with van der Waals surface area (Å²) in [5.41, 5.74) is 12.5. The molecule has 1 rings (SSSR count). The van der Waals surface area contributed by atoms with E-state index in [1.807, 2.05) is 0 Å². The van der Waals surface area contributed by atoms with Gasteiger partial charge in [0.25, 0.3) is 0 Å². The molecule has 11 heavy (non-hydrogen) atoms. The fraction of sp³-hybridized carbons (Fsp3) is 0. The van der Waals surface area contributed by atoms with E-state index in [0.717, 1.165) is 6.21 Å². The Balaban J connectivity index is 3.31. The zero-order valence-corrected chi connectivity index (χ0v) is 6.52. The minimum Gasteiger partial charge on any atom is -0.398 e. The summed E-state index contributed by atoms with van der Waals surface area (Å²) in [5, 5.41) is 7.37. The van der Waals surface area contributed by atoms with Gasteiger partial charge in [0.05, 0.1) is 10.7 Å². The largest absolute Gasteiger partial charge is 0.398 e. The van der Waals surface area contributed by atoms with Crippen LogP contribution in [-0.2, 0) is 0 Å². The third-order valence-corrected chi connectivity index (χ3v) is 1.69. The standard InChI is InChI=1S/C7H8ClN3/c8-5-2-6(10)4(3-9)1-7(5)11/h1-3,9H,10-11H2. The average molecular weight is 170 g/mol. The van der Waals surface area contributed by atoms with Crippen LogP contribution in [0.2, 0.25) is 5.02 Å².